The van der Waals surface area contributed by atoms with Crippen LogP contribution in [0.3, 0.4) is 0 Å². The van der Waals surface area contributed by atoms with Crippen LogP contribution in [0.25, 0.3) is 0 Å². The van der Waals surface area contributed by atoms with Crippen LogP contribution in [0, 0.1) is 0 Å². The van der Waals surface area contributed by atoms with Crippen molar-refractivity contribution in [2.75, 3.05) is 19.2 Å². The van der Waals surface area contributed by atoms with E-state index >= 15 is 0 Å². The molecule has 4 heteroatoms. The Bertz CT molecular complexity index is 170. The first kappa shape index (κ1) is 11.0. The number of hydrogen-bond acceptors (Lipinski definition) is 2. The van der Waals surface area contributed by atoms with Gasteiger partial charge in [-0.15, -0.1) is 18.2 Å². The van der Waals surface area contributed by atoms with Crippen LogP contribution in [-0.4, -0.2) is 30.1 Å². The zero-order chi connectivity index (χ0) is 9.40. The van der Waals surface area contributed by atoms with E-state index in [1.807, 2.05) is 0 Å². The van der Waals surface area contributed by atoms with Gasteiger partial charge in [0.1, 0.15) is 6.61 Å². The summed E-state index contributed by atoms with van der Waals surface area (Å²) in [4.78, 5) is 12.4. The summed E-state index contributed by atoms with van der Waals surface area (Å²) in [6.45, 7) is 7.48. The highest BCUT2D eigenvalue weighted by atomic mass is 35.5. The van der Waals surface area contributed by atoms with E-state index in [2.05, 4.69) is 13.2 Å². The van der Waals surface area contributed by atoms with E-state index in [-0.39, 0.29) is 12.6 Å². The van der Waals surface area contributed by atoms with Crippen molar-refractivity contribution in [3.05, 3.63) is 25.3 Å². The molecule has 0 N–H and O–H groups in total. The summed E-state index contributed by atoms with van der Waals surface area (Å²) >= 11 is 5.47. The Morgan fingerprint density at radius 2 is 2.17 bits per heavy atom. The van der Waals surface area contributed by atoms with E-state index < -0.39 is 6.09 Å². The lowest BCUT2D eigenvalue weighted by molar-refractivity contribution is 0.123. The number of hydrogen-bond donors (Lipinski definition) is 0. The van der Waals surface area contributed by atoms with Gasteiger partial charge < -0.3 is 4.74 Å². The second-order valence-corrected chi connectivity index (χ2v) is 2.24. The lowest BCUT2D eigenvalue weighted by Crippen LogP contribution is -2.30. The van der Waals surface area contributed by atoms with Gasteiger partial charge in [-0.2, -0.15) is 0 Å². The average Bonchev–Trinajstić information content (AvgIpc) is 2.10. The fourth-order valence-electron chi connectivity index (χ4n) is 0.549. The van der Waals surface area contributed by atoms with Gasteiger partial charge in [0.25, 0.3) is 0 Å². The Kier molecular flexibility index (Phi) is 6.19. The van der Waals surface area contributed by atoms with Gasteiger partial charge in [-0.3, -0.25) is 4.90 Å². The molecule has 0 aromatic heterocycles. The maximum atomic E-state index is 11.0. The maximum absolute atomic E-state index is 11.0. The lowest BCUT2D eigenvalue weighted by Gasteiger charge is -2.16. The molecule has 0 aliphatic heterocycles. The minimum absolute atomic E-state index is 0.0992. The molecular formula is C8H12ClNO2. The zero-order valence-corrected chi connectivity index (χ0v) is 7.59. The van der Waals surface area contributed by atoms with E-state index in [4.69, 9.17) is 16.3 Å². The molecule has 1 amide bonds. The third-order valence-electron chi connectivity index (χ3n) is 1.08. The topological polar surface area (TPSA) is 29.5 Å². The molecule has 0 spiro atoms. The van der Waals surface area contributed by atoms with Gasteiger partial charge in [-0.05, 0) is 0 Å². The molecule has 0 saturated heterocycles. The van der Waals surface area contributed by atoms with Crippen molar-refractivity contribution in [1.29, 1.82) is 0 Å². The molecule has 0 unspecified atom stereocenters. The van der Waals surface area contributed by atoms with Crippen LogP contribution >= 0.6 is 11.6 Å². The van der Waals surface area contributed by atoms with Crippen molar-refractivity contribution in [3.63, 3.8) is 0 Å². The molecule has 0 saturated carbocycles. The van der Waals surface area contributed by atoms with Crippen LogP contribution in [0.2, 0.25) is 0 Å². The van der Waals surface area contributed by atoms with E-state index in [9.17, 15) is 4.79 Å². The van der Waals surface area contributed by atoms with Crippen molar-refractivity contribution >= 4 is 17.7 Å². The number of carbonyl (C=O) groups is 1. The molecule has 0 aromatic carbocycles. The highest BCUT2D eigenvalue weighted by Gasteiger charge is 2.10. The maximum Gasteiger partial charge on any atom is 0.411 e. The number of nitrogens with zero attached hydrogens (tertiary/aromatic N) is 1. The predicted molar refractivity (Wildman–Crippen MR) is 49.2 cm³/mol. The predicted octanol–water partition coefficient (Wildman–Crippen LogP) is 1.99. The van der Waals surface area contributed by atoms with Gasteiger partial charge in [0.05, 0.1) is 6.00 Å². The monoisotopic (exact) mass is 189 g/mol. The molecule has 3 nitrogen and oxygen atoms in total. The summed E-state index contributed by atoms with van der Waals surface area (Å²) in [5.41, 5.74) is 0. The van der Waals surface area contributed by atoms with E-state index in [1.165, 1.54) is 11.0 Å². The number of halogens is 1. The molecule has 0 atom stereocenters. The van der Waals surface area contributed by atoms with Gasteiger partial charge >= 0.3 is 6.09 Å². The molecule has 0 bridgehead atoms. The van der Waals surface area contributed by atoms with E-state index in [1.54, 1.807) is 6.08 Å². The second-order valence-electron chi connectivity index (χ2n) is 2.00. The molecule has 12 heavy (non-hydrogen) atoms. The lowest BCUT2D eigenvalue weighted by atomic mass is 10.6. The number of amides is 1. The molecule has 0 aromatic rings. The van der Waals surface area contributed by atoms with Crippen molar-refractivity contribution in [3.8, 4) is 0 Å². The van der Waals surface area contributed by atoms with Crippen LogP contribution in [-0.2, 0) is 4.74 Å². The molecular weight excluding hydrogens is 178 g/mol. The first-order chi connectivity index (χ1) is 5.76. The van der Waals surface area contributed by atoms with Crippen LogP contribution < -0.4 is 0 Å². The van der Waals surface area contributed by atoms with Crippen LogP contribution in [0.1, 0.15) is 0 Å². The quantitative estimate of drug-likeness (QED) is 0.376. The fourth-order valence-corrected chi connectivity index (χ4v) is 0.745. The van der Waals surface area contributed by atoms with Gasteiger partial charge in [0.15, 0.2) is 0 Å². The first-order valence-corrected chi connectivity index (χ1v) is 3.99. The summed E-state index contributed by atoms with van der Waals surface area (Å²) < 4.78 is 4.73. The SMILES string of the molecule is C=CCOC(=O)N(CCl)CC=C. The van der Waals surface area contributed by atoms with E-state index in [0.29, 0.717) is 6.54 Å². The number of ether oxygens (including phenoxy) is 1. The normalized spacial score (nSPS) is 8.75. The highest BCUT2D eigenvalue weighted by molar-refractivity contribution is 6.18. The van der Waals surface area contributed by atoms with Crippen molar-refractivity contribution in [1.82, 2.24) is 4.90 Å². The summed E-state index contributed by atoms with van der Waals surface area (Å²) in [5.74, 6) is 0. The third kappa shape index (κ3) is 4.03. The Hall–Kier alpha value is -0.960. The first-order valence-electron chi connectivity index (χ1n) is 3.45. The number of rotatable bonds is 5. The molecule has 0 fully saturated rings. The fraction of sp³-hybridized carbons (Fsp3) is 0.375. The van der Waals surface area contributed by atoms with Crippen molar-refractivity contribution < 1.29 is 9.53 Å². The van der Waals surface area contributed by atoms with Crippen LogP contribution in [0.15, 0.2) is 25.3 Å². The van der Waals surface area contributed by atoms with E-state index in [0.717, 1.165) is 0 Å². The molecule has 0 rings (SSSR count). The zero-order valence-electron chi connectivity index (χ0n) is 6.83. The minimum Gasteiger partial charge on any atom is -0.445 e. The summed E-state index contributed by atoms with van der Waals surface area (Å²) in [5, 5.41) is 0. The van der Waals surface area contributed by atoms with Crippen molar-refractivity contribution in [2.45, 2.75) is 0 Å². The second kappa shape index (κ2) is 6.73. The summed E-state index contributed by atoms with van der Waals surface area (Å²) in [7, 11) is 0. The summed E-state index contributed by atoms with van der Waals surface area (Å²) in [6.07, 6.45) is 2.63. The third-order valence-corrected chi connectivity index (χ3v) is 1.37. The van der Waals surface area contributed by atoms with Gasteiger partial charge in [-0.25, -0.2) is 4.79 Å². The molecule has 68 valence electrons. The van der Waals surface area contributed by atoms with Crippen LogP contribution in [0.5, 0.6) is 0 Å². The van der Waals surface area contributed by atoms with Crippen LogP contribution in [0.4, 0.5) is 4.79 Å². The standard InChI is InChI=1S/C8H12ClNO2/c1-3-5-10(7-9)8(11)12-6-4-2/h3-4H,1-2,5-7H2. The average molecular weight is 190 g/mol. The Morgan fingerprint density at radius 1 is 1.50 bits per heavy atom. The molecule has 0 aliphatic carbocycles. The van der Waals surface area contributed by atoms with Gasteiger partial charge in [-0.1, -0.05) is 18.7 Å². The molecule has 0 radical (unpaired) electrons. The van der Waals surface area contributed by atoms with Gasteiger partial charge in [0.2, 0.25) is 0 Å². The Balaban J connectivity index is 3.84. The molecule has 0 heterocycles. The smallest absolute Gasteiger partial charge is 0.411 e. The number of alkyl halides is 1. The molecule has 0 aliphatic rings. The largest absolute Gasteiger partial charge is 0.445 e. The Labute approximate surface area is 77.3 Å². The summed E-state index contributed by atoms with van der Waals surface area (Å²) in [6, 6.07) is 0.0992. The highest BCUT2D eigenvalue weighted by Crippen LogP contribution is 1.96. The Morgan fingerprint density at radius 3 is 2.58 bits per heavy atom. The number of carbonyl (C=O) groups excluding carboxylic acids is 1. The van der Waals surface area contributed by atoms with Crippen molar-refractivity contribution in [2.24, 2.45) is 0 Å². The van der Waals surface area contributed by atoms with Gasteiger partial charge in [0, 0.05) is 6.54 Å². The minimum atomic E-state index is -0.454.